The number of rotatable bonds is 4. The molecular weight excluding hydrogens is 196 g/mol. The van der Waals surface area contributed by atoms with Gasteiger partial charge in [0, 0.05) is 19.6 Å². The monoisotopic (exact) mass is 216 g/mol. The van der Waals surface area contributed by atoms with Crippen LogP contribution in [-0.2, 0) is 0 Å². The van der Waals surface area contributed by atoms with Crippen LogP contribution in [0.4, 0.5) is 11.4 Å². The average molecular weight is 216 g/mol. The smallest absolute Gasteiger partial charge is 0.0602 e. The zero-order chi connectivity index (χ0) is 10.8. The van der Waals surface area contributed by atoms with Crippen molar-refractivity contribution in [3.05, 3.63) is 24.3 Å². The van der Waals surface area contributed by atoms with Gasteiger partial charge in [0.2, 0.25) is 0 Å². The van der Waals surface area contributed by atoms with E-state index in [9.17, 15) is 0 Å². The number of hydrogen-bond acceptors (Lipinski definition) is 2. The summed E-state index contributed by atoms with van der Waals surface area (Å²) in [5.41, 5.74) is 2.73. The first-order chi connectivity index (χ1) is 7.93. The van der Waals surface area contributed by atoms with Gasteiger partial charge in [0.25, 0.3) is 0 Å². The molecule has 1 aliphatic heterocycles. The molecule has 1 saturated heterocycles. The Labute approximate surface area is 97.6 Å². The fourth-order valence-corrected chi connectivity index (χ4v) is 2.43. The zero-order valence-electron chi connectivity index (χ0n) is 9.78. The molecule has 2 fully saturated rings. The zero-order valence-corrected chi connectivity index (χ0v) is 9.78. The lowest BCUT2D eigenvalue weighted by Gasteiger charge is -2.21. The molecule has 1 aromatic carbocycles. The van der Waals surface area contributed by atoms with Crippen molar-refractivity contribution in [2.24, 2.45) is 5.92 Å². The number of nitrogens with one attached hydrogen (secondary N) is 1. The second kappa shape index (κ2) is 4.36. The van der Waals surface area contributed by atoms with Gasteiger partial charge >= 0.3 is 0 Å². The highest BCUT2D eigenvalue weighted by Gasteiger charge is 2.21. The summed E-state index contributed by atoms with van der Waals surface area (Å²) >= 11 is 0. The van der Waals surface area contributed by atoms with Crippen molar-refractivity contribution in [1.29, 1.82) is 0 Å². The third-order valence-electron chi connectivity index (χ3n) is 3.63. The molecule has 1 aromatic rings. The molecule has 0 spiro atoms. The van der Waals surface area contributed by atoms with Gasteiger partial charge in [-0.2, -0.15) is 0 Å². The van der Waals surface area contributed by atoms with E-state index in [0.717, 1.165) is 12.5 Å². The summed E-state index contributed by atoms with van der Waals surface area (Å²) in [7, 11) is 0. The standard InChI is InChI=1S/C14H20N2/c1-2-6-14(16-9-3-4-10-16)13(5-1)15-11-12-7-8-12/h1-2,5-6,12,15H,3-4,7-11H2. The van der Waals surface area contributed by atoms with E-state index in [2.05, 4.69) is 34.5 Å². The molecule has 86 valence electrons. The highest BCUT2D eigenvalue weighted by Crippen LogP contribution is 2.32. The Bertz CT molecular complexity index is 352. The van der Waals surface area contributed by atoms with E-state index < -0.39 is 0 Å². The van der Waals surface area contributed by atoms with Crippen molar-refractivity contribution < 1.29 is 0 Å². The molecule has 1 heterocycles. The molecule has 2 nitrogen and oxygen atoms in total. The maximum atomic E-state index is 3.61. The molecule has 0 bridgehead atoms. The summed E-state index contributed by atoms with van der Waals surface area (Å²) in [5.74, 6) is 0.937. The van der Waals surface area contributed by atoms with Crippen molar-refractivity contribution in [1.82, 2.24) is 0 Å². The van der Waals surface area contributed by atoms with Crippen molar-refractivity contribution in [2.45, 2.75) is 25.7 Å². The van der Waals surface area contributed by atoms with Gasteiger partial charge in [0.05, 0.1) is 11.4 Å². The summed E-state index contributed by atoms with van der Waals surface area (Å²) in [6.07, 6.45) is 5.52. The van der Waals surface area contributed by atoms with E-state index in [1.807, 2.05) is 0 Å². The van der Waals surface area contributed by atoms with E-state index in [1.54, 1.807) is 0 Å². The van der Waals surface area contributed by atoms with Crippen LogP contribution in [0.5, 0.6) is 0 Å². The molecule has 0 unspecified atom stereocenters. The summed E-state index contributed by atoms with van der Waals surface area (Å²) < 4.78 is 0. The van der Waals surface area contributed by atoms with Gasteiger partial charge in [0.15, 0.2) is 0 Å². The second-order valence-electron chi connectivity index (χ2n) is 5.04. The van der Waals surface area contributed by atoms with Crippen molar-refractivity contribution in [3.8, 4) is 0 Å². The number of anilines is 2. The molecule has 2 heteroatoms. The molecule has 1 saturated carbocycles. The highest BCUT2D eigenvalue weighted by atomic mass is 15.2. The first-order valence-corrected chi connectivity index (χ1v) is 6.51. The van der Waals surface area contributed by atoms with Gasteiger partial charge < -0.3 is 10.2 Å². The van der Waals surface area contributed by atoms with E-state index in [1.165, 1.54) is 50.1 Å². The number of hydrogen-bond donors (Lipinski definition) is 1. The summed E-state index contributed by atoms with van der Waals surface area (Å²) in [5, 5.41) is 3.61. The highest BCUT2D eigenvalue weighted by molar-refractivity contribution is 5.70. The largest absolute Gasteiger partial charge is 0.383 e. The predicted molar refractivity (Wildman–Crippen MR) is 69.1 cm³/mol. The quantitative estimate of drug-likeness (QED) is 0.832. The normalized spacial score (nSPS) is 20.1. The molecule has 2 aliphatic rings. The van der Waals surface area contributed by atoms with Crippen LogP contribution in [0.15, 0.2) is 24.3 Å². The third kappa shape index (κ3) is 2.16. The van der Waals surface area contributed by atoms with Crippen LogP contribution < -0.4 is 10.2 Å². The topological polar surface area (TPSA) is 15.3 Å². The number of nitrogens with zero attached hydrogens (tertiary/aromatic N) is 1. The van der Waals surface area contributed by atoms with Gasteiger partial charge in [-0.3, -0.25) is 0 Å². The van der Waals surface area contributed by atoms with Gasteiger partial charge in [-0.1, -0.05) is 12.1 Å². The molecule has 16 heavy (non-hydrogen) atoms. The van der Waals surface area contributed by atoms with Crippen LogP contribution in [0.3, 0.4) is 0 Å². The maximum absolute atomic E-state index is 3.61. The lowest BCUT2D eigenvalue weighted by molar-refractivity contribution is 0.885. The third-order valence-corrected chi connectivity index (χ3v) is 3.63. The Hall–Kier alpha value is -1.18. The van der Waals surface area contributed by atoms with E-state index in [0.29, 0.717) is 0 Å². The van der Waals surface area contributed by atoms with E-state index in [-0.39, 0.29) is 0 Å². The molecule has 0 aromatic heterocycles. The molecule has 0 radical (unpaired) electrons. The fraction of sp³-hybridized carbons (Fsp3) is 0.571. The molecular formula is C14H20N2. The number of benzene rings is 1. The Morgan fingerprint density at radius 3 is 2.62 bits per heavy atom. The van der Waals surface area contributed by atoms with Crippen LogP contribution in [0.25, 0.3) is 0 Å². The fourth-order valence-electron chi connectivity index (χ4n) is 2.43. The number of para-hydroxylation sites is 2. The molecule has 1 N–H and O–H groups in total. The van der Waals surface area contributed by atoms with Crippen LogP contribution >= 0.6 is 0 Å². The van der Waals surface area contributed by atoms with E-state index >= 15 is 0 Å². The predicted octanol–water partition coefficient (Wildman–Crippen LogP) is 3.11. The van der Waals surface area contributed by atoms with Crippen LogP contribution in [0.1, 0.15) is 25.7 Å². The summed E-state index contributed by atoms with van der Waals surface area (Å²) in [4.78, 5) is 2.51. The Morgan fingerprint density at radius 1 is 1.12 bits per heavy atom. The molecule has 0 amide bonds. The van der Waals surface area contributed by atoms with Gasteiger partial charge in [0.1, 0.15) is 0 Å². The lowest BCUT2D eigenvalue weighted by atomic mass is 10.2. The first-order valence-electron chi connectivity index (χ1n) is 6.51. The molecule has 0 atom stereocenters. The minimum absolute atomic E-state index is 0.937. The Kier molecular flexibility index (Phi) is 2.73. The van der Waals surface area contributed by atoms with Gasteiger partial charge in [-0.05, 0) is 43.7 Å². The molecule has 3 rings (SSSR count). The van der Waals surface area contributed by atoms with Crippen molar-refractivity contribution >= 4 is 11.4 Å². The first kappa shape index (κ1) is 10.0. The van der Waals surface area contributed by atoms with E-state index in [4.69, 9.17) is 0 Å². The minimum atomic E-state index is 0.937. The maximum Gasteiger partial charge on any atom is 0.0602 e. The average Bonchev–Trinajstić information content (AvgIpc) is 3.00. The van der Waals surface area contributed by atoms with Crippen molar-refractivity contribution in [3.63, 3.8) is 0 Å². The van der Waals surface area contributed by atoms with Gasteiger partial charge in [-0.15, -0.1) is 0 Å². The molecule has 1 aliphatic carbocycles. The van der Waals surface area contributed by atoms with Gasteiger partial charge in [-0.25, -0.2) is 0 Å². The summed E-state index contributed by atoms with van der Waals surface area (Å²) in [6, 6.07) is 8.75. The minimum Gasteiger partial charge on any atom is -0.383 e. The van der Waals surface area contributed by atoms with Crippen LogP contribution in [0.2, 0.25) is 0 Å². The summed E-state index contributed by atoms with van der Waals surface area (Å²) in [6.45, 7) is 3.61. The second-order valence-corrected chi connectivity index (χ2v) is 5.04. The Balaban J connectivity index is 1.73. The Morgan fingerprint density at radius 2 is 1.88 bits per heavy atom. The van der Waals surface area contributed by atoms with Crippen LogP contribution in [-0.4, -0.2) is 19.6 Å². The van der Waals surface area contributed by atoms with Crippen LogP contribution in [0, 0.1) is 5.92 Å². The van der Waals surface area contributed by atoms with Crippen molar-refractivity contribution in [2.75, 3.05) is 29.9 Å². The SMILES string of the molecule is c1ccc(N2CCCC2)c(NCC2CC2)c1. The lowest BCUT2D eigenvalue weighted by Crippen LogP contribution is -2.19.